The number of amides is 1. The van der Waals surface area contributed by atoms with E-state index < -0.39 is 0 Å². The molecule has 1 aromatic rings. The predicted molar refractivity (Wildman–Crippen MR) is 118 cm³/mol. The predicted octanol–water partition coefficient (Wildman–Crippen LogP) is 2.98. The molecule has 0 aliphatic rings. The number of carbonyl (C=O) groups excluding carboxylic acids is 1. The van der Waals surface area contributed by atoms with Crippen LogP contribution in [0.25, 0.3) is 0 Å². The third kappa shape index (κ3) is 9.25. The van der Waals surface area contributed by atoms with Crippen LogP contribution >= 0.6 is 24.0 Å². The molecule has 1 atom stereocenters. The SMILES string of the molecule is CCNC(=NCC(C)Oc1ccc(F)cc1)N(C)CC(=O)N(CC)CC.I. The van der Waals surface area contributed by atoms with Crippen LogP contribution in [0.15, 0.2) is 29.3 Å². The third-order valence-corrected chi connectivity index (χ3v) is 3.83. The van der Waals surface area contributed by atoms with Gasteiger partial charge in [-0.25, -0.2) is 9.38 Å². The lowest BCUT2D eigenvalue weighted by molar-refractivity contribution is -0.131. The molecule has 0 saturated heterocycles. The monoisotopic (exact) mass is 494 g/mol. The number of benzene rings is 1. The number of guanidine groups is 1. The quantitative estimate of drug-likeness (QED) is 0.326. The molecular formula is C19H32FIN4O2. The lowest BCUT2D eigenvalue weighted by Crippen LogP contribution is -2.46. The number of likely N-dealkylation sites (N-methyl/N-ethyl adjacent to an activating group) is 2. The van der Waals surface area contributed by atoms with Crippen LogP contribution in [0, 0.1) is 5.82 Å². The smallest absolute Gasteiger partial charge is 0.242 e. The Morgan fingerprint density at radius 1 is 1.22 bits per heavy atom. The van der Waals surface area contributed by atoms with Crippen molar-refractivity contribution in [2.45, 2.75) is 33.8 Å². The first-order valence-electron chi connectivity index (χ1n) is 9.10. The first-order valence-corrected chi connectivity index (χ1v) is 9.10. The standard InChI is InChI=1S/C19H31FN4O2.HI/c1-6-21-19(23(5)14-18(25)24(7-2)8-3)22-13-15(4)26-17-11-9-16(20)10-12-17;/h9-12,15H,6-8,13-14H2,1-5H3,(H,21,22);1H. The summed E-state index contributed by atoms with van der Waals surface area (Å²) >= 11 is 0. The molecule has 1 unspecified atom stereocenters. The molecule has 1 amide bonds. The van der Waals surface area contributed by atoms with Crippen molar-refractivity contribution in [3.05, 3.63) is 30.1 Å². The van der Waals surface area contributed by atoms with Gasteiger partial charge in [0, 0.05) is 26.7 Å². The van der Waals surface area contributed by atoms with Gasteiger partial charge in [-0.3, -0.25) is 4.79 Å². The first kappa shape index (κ1) is 25.4. The van der Waals surface area contributed by atoms with E-state index in [0.29, 0.717) is 37.9 Å². The Morgan fingerprint density at radius 3 is 2.33 bits per heavy atom. The Balaban J connectivity index is 0.00000676. The highest BCUT2D eigenvalue weighted by molar-refractivity contribution is 14.0. The maximum atomic E-state index is 12.9. The molecule has 0 fully saturated rings. The van der Waals surface area contributed by atoms with Gasteiger partial charge in [0.05, 0.1) is 13.1 Å². The zero-order chi connectivity index (χ0) is 19.5. The fraction of sp³-hybridized carbons (Fsp3) is 0.579. The van der Waals surface area contributed by atoms with Crippen molar-refractivity contribution in [1.82, 2.24) is 15.1 Å². The maximum Gasteiger partial charge on any atom is 0.242 e. The van der Waals surface area contributed by atoms with Crippen LogP contribution in [0.5, 0.6) is 5.75 Å². The molecule has 0 spiro atoms. The van der Waals surface area contributed by atoms with E-state index in [1.54, 1.807) is 17.0 Å². The number of hydrogen-bond donors (Lipinski definition) is 1. The van der Waals surface area contributed by atoms with Crippen LogP contribution in [-0.2, 0) is 4.79 Å². The number of nitrogens with zero attached hydrogens (tertiary/aromatic N) is 3. The van der Waals surface area contributed by atoms with Gasteiger partial charge in [0.2, 0.25) is 5.91 Å². The summed E-state index contributed by atoms with van der Waals surface area (Å²) in [6.45, 7) is 10.6. The van der Waals surface area contributed by atoms with Crippen molar-refractivity contribution in [3.63, 3.8) is 0 Å². The van der Waals surface area contributed by atoms with Crippen LogP contribution < -0.4 is 10.1 Å². The Morgan fingerprint density at radius 2 is 1.81 bits per heavy atom. The van der Waals surface area contributed by atoms with Gasteiger partial charge in [0.25, 0.3) is 0 Å². The number of halogens is 2. The van der Waals surface area contributed by atoms with Crippen LogP contribution in [0.3, 0.4) is 0 Å². The molecule has 0 saturated carbocycles. The lowest BCUT2D eigenvalue weighted by atomic mass is 10.3. The normalized spacial score (nSPS) is 12.0. The van der Waals surface area contributed by atoms with Gasteiger partial charge in [-0.2, -0.15) is 0 Å². The molecule has 0 aromatic heterocycles. The maximum absolute atomic E-state index is 12.9. The highest BCUT2D eigenvalue weighted by Crippen LogP contribution is 2.13. The second-order valence-electron chi connectivity index (χ2n) is 6.00. The Bertz CT molecular complexity index is 580. The number of aliphatic imine (C=N–C) groups is 1. The van der Waals surface area contributed by atoms with E-state index in [9.17, 15) is 9.18 Å². The van der Waals surface area contributed by atoms with E-state index in [-0.39, 0.29) is 48.3 Å². The Kier molecular flexibility index (Phi) is 12.8. The molecule has 1 N–H and O–H groups in total. The molecule has 8 heteroatoms. The number of nitrogens with one attached hydrogen (secondary N) is 1. The number of rotatable bonds is 9. The van der Waals surface area contributed by atoms with Crippen molar-refractivity contribution < 1.29 is 13.9 Å². The fourth-order valence-corrected chi connectivity index (χ4v) is 2.42. The second-order valence-corrected chi connectivity index (χ2v) is 6.00. The van der Waals surface area contributed by atoms with E-state index in [2.05, 4.69) is 10.3 Å². The average molecular weight is 494 g/mol. The minimum Gasteiger partial charge on any atom is -0.489 e. The molecule has 1 rings (SSSR count). The number of hydrogen-bond acceptors (Lipinski definition) is 3. The van der Waals surface area contributed by atoms with Crippen LogP contribution in [0.1, 0.15) is 27.7 Å². The van der Waals surface area contributed by atoms with Crippen LogP contribution in [0.4, 0.5) is 4.39 Å². The third-order valence-electron chi connectivity index (χ3n) is 3.83. The van der Waals surface area contributed by atoms with Gasteiger partial charge in [-0.15, -0.1) is 24.0 Å². The minimum atomic E-state index is -0.294. The van der Waals surface area contributed by atoms with Gasteiger partial charge in [-0.05, 0) is 52.0 Å². The van der Waals surface area contributed by atoms with Gasteiger partial charge < -0.3 is 19.9 Å². The molecule has 0 radical (unpaired) electrons. The zero-order valence-corrected chi connectivity index (χ0v) is 19.2. The van der Waals surface area contributed by atoms with E-state index in [0.717, 1.165) is 0 Å². The second kappa shape index (κ2) is 13.6. The van der Waals surface area contributed by atoms with Crippen LogP contribution in [0.2, 0.25) is 0 Å². The summed E-state index contributed by atoms with van der Waals surface area (Å²) in [6, 6.07) is 5.91. The van der Waals surface area contributed by atoms with Crippen molar-refractivity contribution in [2.75, 3.05) is 39.8 Å². The molecule has 0 bridgehead atoms. The fourth-order valence-electron chi connectivity index (χ4n) is 2.42. The van der Waals surface area contributed by atoms with Crippen molar-refractivity contribution in [3.8, 4) is 5.75 Å². The molecule has 154 valence electrons. The van der Waals surface area contributed by atoms with E-state index >= 15 is 0 Å². The van der Waals surface area contributed by atoms with Gasteiger partial charge in [-0.1, -0.05) is 0 Å². The van der Waals surface area contributed by atoms with E-state index in [1.165, 1.54) is 12.1 Å². The molecule has 0 aliphatic heterocycles. The molecule has 0 heterocycles. The van der Waals surface area contributed by atoms with Gasteiger partial charge in [0.1, 0.15) is 17.7 Å². The topological polar surface area (TPSA) is 57.2 Å². The molecule has 0 aliphatic carbocycles. The zero-order valence-electron chi connectivity index (χ0n) is 16.9. The van der Waals surface area contributed by atoms with Gasteiger partial charge >= 0.3 is 0 Å². The van der Waals surface area contributed by atoms with E-state index in [4.69, 9.17) is 4.74 Å². The van der Waals surface area contributed by atoms with Crippen molar-refractivity contribution >= 4 is 35.8 Å². The van der Waals surface area contributed by atoms with Crippen molar-refractivity contribution in [1.29, 1.82) is 0 Å². The van der Waals surface area contributed by atoms with Crippen molar-refractivity contribution in [2.24, 2.45) is 4.99 Å². The highest BCUT2D eigenvalue weighted by atomic mass is 127. The summed E-state index contributed by atoms with van der Waals surface area (Å²) in [5.74, 6) is 1.03. The van der Waals surface area contributed by atoms with E-state index in [1.807, 2.05) is 39.6 Å². The summed E-state index contributed by atoms with van der Waals surface area (Å²) in [7, 11) is 1.84. The first-order chi connectivity index (χ1) is 12.4. The van der Waals surface area contributed by atoms with Gasteiger partial charge in [0.15, 0.2) is 5.96 Å². The number of carbonyl (C=O) groups is 1. The highest BCUT2D eigenvalue weighted by Gasteiger charge is 2.15. The largest absolute Gasteiger partial charge is 0.489 e. The molecule has 1 aromatic carbocycles. The summed E-state index contributed by atoms with van der Waals surface area (Å²) < 4.78 is 18.7. The summed E-state index contributed by atoms with van der Waals surface area (Å²) in [4.78, 5) is 20.4. The lowest BCUT2D eigenvalue weighted by Gasteiger charge is -2.26. The minimum absolute atomic E-state index is 0. The Hall–Kier alpha value is -1.58. The summed E-state index contributed by atoms with van der Waals surface area (Å²) in [5.41, 5.74) is 0. The summed E-state index contributed by atoms with van der Waals surface area (Å²) in [6.07, 6.45) is -0.180. The average Bonchev–Trinajstić information content (AvgIpc) is 2.61. The summed E-state index contributed by atoms with van der Waals surface area (Å²) in [5, 5.41) is 3.19. The Labute approximate surface area is 179 Å². The molecule has 6 nitrogen and oxygen atoms in total. The number of ether oxygens (including phenoxy) is 1. The van der Waals surface area contributed by atoms with Crippen LogP contribution in [-0.4, -0.2) is 67.5 Å². The molecule has 27 heavy (non-hydrogen) atoms. The molecular weight excluding hydrogens is 462 g/mol.